The Balaban J connectivity index is 2.60. The smallest absolute Gasteiger partial charge is 0.341 e. The Morgan fingerprint density at radius 1 is 0.756 bits per heavy atom. The van der Waals surface area contributed by atoms with Crippen LogP contribution >= 0.6 is 0 Å². The van der Waals surface area contributed by atoms with Gasteiger partial charge in [-0.3, -0.25) is 24.0 Å². The topological polar surface area (TPSA) is 218 Å². The number of ether oxygens (including phenoxy) is 6. The maximum atomic E-state index is 13.1. The van der Waals surface area contributed by atoms with Gasteiger partial charge in [0.05, 0.1) is 0 Å². The van der Waals surface area contributed by atoms with Gasteiger partial charge in [0.15, 0.2) is 35.6 Å². The van der Waals surface area contributed by atoms with Gasteiger partial charge in [-0.2, -0.15) is 0 Å². The number of carbonyl (C=O) groups excluding carboxylic acids is 6. The molecular weight excluding hydrogens is 600 g/mol. The Morgan fingerprint density at radius 2 is 1.24 bits per heavy atom. The fraction of sp³-hybridized carbons (Fsp3) is 0.667. The summed E-state index contributed by atoms with van der Waals surface area (Å²) in [5.74, 6) is -7.64. The van der Waals surface area contributed by atoms with E-state index in [0.29, 0.717) is 0 Å². The zero-order valence-electron chi connectivity index (χ0n) is 26.5. The molecular formula is C30H40O15. The molecule has 1 aliphatic heterocycles. The number of hydrogen-bond acceptors (Lipinski definition) is 15. The van der Waals surface area contributed by atoms with Crippen molar-refractivity contribution in [3.8, 4) is 0 Å². The average Bonchev–Trinajstić information content (AvgIpc) is 3.04. The molecule has 250 valence electrons. The lowest BCUT2D eigenvalue weighted by atomic mass is 9.53. The largest absolute Gasteiger partial charge is 0.459 e. The van der Waals surface area contributed by atoms with E-state index in [9.17, 15) is 44.1 Å². The molecule has 0 bridgehead atoms. The standard InChI is InChI=1S/C30H40O15/c1-13-12-20-30(39,29(9,38)26(36)45-20)25(44-18(6)35)23-27(7,11-10-19(28(23,8)37)40-14(2)31)24(43-17(5)34)22(42-16(4)33)21(13)41-15(3)32/h10-12,19-25,37-39H,1-9H3. The lowest BCUT2D eigenvalue weighted by Crippen LogP contribution is -2.74. The Labute approximate surface area is 259 Å². The highest BCUT2D eigenvalue weighted by atomic mass is 16.6. The molecule has 1 heterocycles. The predicted molar refractivity (Wildman–Crippen MR) is 148 cm³/mol. The number of rotatable bonds is 5. The van der Waals surface area contributed by atoms with Crippen molar-refractivity contribution in [2.45, 2.75) is 116 Å². The second-order valence-electron chi connectivity index (χ2n) is 12.3. The quantitative estimate of drug-likeness (QED) is 0.204. The zero-order valence-corrected chi connectivity index (χ0v) is 26.5. The number of hydrogen-bond donors (Lipinski definition) is 3. The third kappa shape index (κ3) is 6.20. The molecule has 3 N–H and O–H groups in total. The predicted octanol–water partition coefficient (Wildman–Crippen LogP) is -0.0444. The first-order chi connectivity index (χ1) is 20.5. The summed E-state index contributed by atoms with van der Waals surface area (Å²) in [6.45, 7) is 10.1. The molecule has 1 fully saturated rings. The van der Waals surface area contributed by atoms with Crippen LogP contribution in [0.15, 0.2) is 23.8 Å². The van der Waals surface area contributed by atoms with Crippen LogP contribution in [-0.2, 0) is 57.2 Å². The first kappa shape index (κ1) is 35.7. The molecule has 0 saturated carbocycles. The average molecular weight is 641 g/mol. The van der Waals surface area contributed by atoms with E-state index in [1.54, 1.807) is 0 Å². The van der Waals surface area contributed by atoms with Crippen molar-refractivity contribution < 1.29 is 72.5 Å². The summed E-state index contributed by atoms with van der Waals surface area (Å²) in [5.41, 5.74) is -9.95. The van der Waals surface area contributed by atoms with E-state index >= 15 is 0 Å². The SMILES string of the molecule is CC(=O)OC1C(C)=CC2OC(=O)C(C)(O)C2(O)C(OC(C)=O)C2C(C)(O)C(OC(C)=O)C=CC2(C)C(OC(C)=O)C1OC(C)=O. The van der Waals surface area contributed by atoms with Crippen molar-refractivity contribution in [3.63, 3.8) is 0 Å². The number of carbonyl (C=O) groups is 6. The molecule has 0 amide bonds. The number of esters is 6. The van der Waals surface area contributed by atoms with Crippen LogP contribution in [0.25, 0.3) is 0 Å². The molecule has 2 aliphatic carbocycles. The molecule has 0 aromatic rings. The Kier molecular flexibility index (Phi) is 9.65. The van der Waals surface area contributed by atoms with Crippen molar-refractivity contribution >= 4 is 35.8 Å². The lowest BCUT2D eigenvalue weighted by Gasteiger charge is -2.58. The van der Waals surface area contributed by atoms with Crippen molar-refractivity contribution in [2.24, 2.45) is 11.3 Å². The zero-order chi connectivity index (χ0) is 34.4. The summed E-state index contributed by atoms with van der Waals surface area (Å²) in [6.07, 6.45) is -6.63. The highest BCUT2D eigenvalue weighted by molar-refractivity contribution is 5.84. The second-order valence-corrected chi connectivity index (χ2v) is 12.3. The Bertz CT molecular complexity index is 1330. The summed E-state index contributed by atoms with van der Waals surface area (Å²) in [7, 11) is 0. The van der Waals surface area contributed by atoms with Gasteiger partial charge in [-0.05, 0) is 38.5 Å². The van der Waals surface area contributed by atoms with Gasteiger partial charge < -0.3 is 43.7 Å². The fourth-order valence-electron chi connectivity index (χ4n) is 6.73. The van der Waals surface area contributed by atoms with Crippen LogP contribution in [0.5, 0.6) is 0 Å². The van der Waals surface area contributed by atoms with Gasteiger partial charge in [-0.15, -0.1) is 0 Å². The minimum atomic E-state index is -2.89. The van der Waals surface area contributed by atoms with Crippen molar-refractivity contribution in [2.75, 3.05) is 0 Å². The molecule has 3 rings (SSSR count). The van der Waals surface area contributed by atoms with E-state index in [1.807, 2.05) is 0 Å². The maximum absolute atomic E-state index is 13.1. The Hall–Kier alpha value is -3.82. The fourth-order valence-corrected chi connectivity index (χ4v) is 6.73. The van der Waals surface area contributed by atoms with Crippen LogP contribution in [0.4, 0.5) is 0 Å². The van der Waals surface area contributed by atoms with Crippen LogP contribution in [0.1, 0.15) is 62.3 Å². The summed E-state index contributed by atoms with van der Waals surface area (Å²) in [5, 5.41) is 36.3. The van der Waals surface area contributed by atoms with Gasteiger partial charge in [0.2, 0.25) is 0 Å². The normalized spacial score (nSPS) is 40.8. The van der Waals surface area contributed by atoms with Gasteiger partial charge in [0, 0.05) is 46.0 Å². The van der Waals surface area contributed by atoms with Gasteiger partial charge in [0.1, 0.15) is 17.8 Å². The van der Waals surface area contributed by atoms with E-state index in [2.05, 4.69) is 0 Å². The van der Waals surface area contributed by atoms with E-state index in [4.69, 9.17) is 28.4 Å². The minimum Gasteiger partial charge on any atom is -0.459 e. The number of fused-ring (bicyclic) bond motifs is 2. The third-order valence-electron chi connectivity index (χ3n) is 8.63. The van der Waals surface area contributed by atoms with Gasteiger partial charge in [0.25, 0.3) is 0 Å². The van der Waals surface area contributed by atoms with E-state index in [1.165, 1.54) is 32.9 Å². The van der Waals surface area contributed by atoms with Crippen molar-refractivity contribution in [3.05, 3.63) is 23.8 Å². The van der Waals surface area contributed by atoms with Crippen LogP contribution in [0, 0.1) is 11.3 Å². The molecule has 11 unspecified atom stereocenters. The van der Waals surface area contributed by atoms with Crippen LogP contribution in [0.3, 0.4) is 0 Å². The molecule has 0 aromatic heterocycles. The van der Waals surface area contributed by atoms with E-state index in [-0.39, 0.29) is 5.57 Å². The van der Waals surface area contributed by atoms with Gasteiger partial charge >= 0.3 is 35.8 Å². The summed E-state index contributed by atoms with van der Waals surface area (Å²) < 4.78 is 33.4. The summed E-state index contributed by atoms with van der Waals surface area (Å²) in [4.78, 5) is 75.4. The molecule has 0 radical (unpaired) electrons. The van der Waals surface area contributed by atoms with Crippen molar-refractivity contribution in [1.29, 1.82) is 0 Å². The Morgan fingerprint density at radius 3 is 1.73 bits per heavy atom. The summed E-state index contributed by atoms with van der Waals surface area (Å²) >= 11 is 0. The van der Waals surface area contributed by atoms with Gasteiger partial charge in [-0.1, -0.05) is 13.0 Å². The maximum Gasteiger partial charge on any atom is 0.341 e. The molecule has 0 aromatic carbocycles. The first-order valence-corrected chi connectivity index (χ1v) is 14.1. The number of aliphatic hydroxyl groups is 3. The molecule has 45 heavy (non-hydrogen) atoms. The van der Waals surface area contributed by atoms with Gasteiger partial charge in [-0.25, -0.2) is 4.79 Å². The van der Waals surface area contributed by atoms with Crippen LogP contribution < -0.4 is 0 Å². The lowest BCUT2D eigenvalue weighted by molar-refractivity contribution is -0.266. The molecule has 11 atom stereocenters. The molecule has 15 nitrogen and oxygen atoms in total. The van der Waals surface area contributed by atoms with E-state index < -0.39 is 101 Å². The molecule has 15 heteroatoms. The molecule has 1 saturated heterocycles. The van der Waals surface area contributed by atoms with Crippen LogP contribution in [-0.4, -0.2) is 105 Å². The third-order valence-corrected chi connectivity index (χ3v) is 8.63. The van der Waals surface area contributed by atoms with E-state index in [0.717, 1.165) is 47.6 Å². The van der Waals surface area contributed by atoms with Crippen molar-refractivity contribution in [1.82, 2.24) is 0 Å². The second kappa shape index (κ2) is 12.2. The first-order valence-electron chi connectivity index (χ1n) is 14.1. The monoisotopic (exact) mass is 640 g/mol. The van der Waals surface area contributed by atoms with Crippen LogP contribution in [0.2, 0.25) is 0 Å². The molecule has 3 aliphatic rings. The summed E-state index contributed by atoms with van der Waals surface area (Å²) in [6, 6.07) is 0. The molecule has 0 spiro atoms. The highest BCUT2D eigenvalue weighted by Crippen LogP contribution is 2.56. The highest BCUT2D eigenvalue weighted by Gasteiger charge is 2.75. The minimum absolute atomic E-state index is 0.00971.